The van der Waals surface area contributed by atoms with Crippen LogP contribution in [0.3, 0.4) is 0 Å². The maximum atomic E-state index is 13.6. The average Bonchev–Trinajstić information content (AvgIpc) is 3.57. The Morgan fingerprint density at radius 1 is 1.04 bits per heavy atom. The number of aromatic nitrogens is 5. The van der Waals surface area contributed by atoms with E-state index in [-0.39, 0.29) is 36.5 Å². The summed E-state index contributed by atoms with van der Waals surface area (Å²) in [5.74, 6) is -0.105. The lowest BCUT2D eigenvalue weighted by Gasteiger charge is -2.40. The van der Waals surface area contributed by atoms with Crippen LogP contribution in [-0.2, 0) is 32.7 Å². The first-order chi connectivity index (χ1) is 21.6. The highest BCUT2D eigenvalue weighted by Gasteiger charge is 2.41. The van der Waals surface area contributed by atoms with Gasteiger partial charge in [0.15, 0.2) is 11.5 Å². The van der Waals surface area contributed by atoms with Crippen LogP contribution in [0.25, 0.3) is 16.6 Å². The lowest BCUT2D eigenvalue weighted by molar-refractivity contribution is 0.0113. The molecule has 1 aliphatic carbocycles. The molecule has 46 heavy (non-hydrogen) atoms. The van der Waals surface area contributed by atoms with Crippen molar-refractivity contribution in [3.8, 4) is 0 Å². The van der Waals surface area contributed by atoms with Gasteiger partial charge >= 0.3 is 6.09 Å². The Kier molecular flexibility index (Phi) is 8.17. The molecular weight excluding hydrogens is 612 g/mol. The summed E-state index contributed by atoms with van der Waals surface area (Å²) in [6.07, 6.45) is 9.70. The van der Waals surface area contributed by atoms with E-state index in [4.69, 9.17) is 8.92 Å². The minimum absolute atomic E-state index is 0.121. The Labute approximate surface area is 267 Å². The van der Waals surface area contributed by atoms with Crippen LogP contribution in [0.15, 0.2) is 30.7 Å². The summed E-state index contributed by atoms with van der Waals surface area (Å²) >= 11 is 0. The number of benzene rings is 1. The van der Waals surface area contributed by atoms with E-state index in [2.05, 4.69) is 25.3 Å². The third kappa shape index (κ3) is 6.94. The molecule has 1 saturated carbocycles. The van der Waals surface area contributed by atoms with Crippen molar-refractivity contribution in [2.45, 2.75) is 77.7 Å². The van der Waals surface area contributed by atoms with Gasteiger partial charge in [0.1, 0.15) is 23.4 Å². The number of nitrogens with one attached hydrogen (secondary N) is 1. The van der Waals surface area contributed by atoms with Crippen molar-refractivity contribution in [1.29, 1.82) is 0 Å². The third-order valence-electron chi connectivity index (χ3n) is 8.03. The lowest BCUT2D eigenvalue weighted by Crippen LogP contribution is -2.50. The van der Waals surface area contributed by atoms with Crippen molar-refractivity contribution in [1.82, 2.24) is 29.0 Å². The molecule has 1 N–H and O–H groups in total. The van der Waals surface area contributed by atoms with E-state index in [0.29, 0.717) is 28.1 Å². The smallest absolute Gasteiger partial charge is 0.410 e. The zero-order valence-electron chi connectivity index (χ0n) is 27.0. The summed E-state index contributed by atoms with van der Waals surface area (Å²) in [4.78, 5) is 39.7. The summed E-state index contributed by atoms with van der Waals surface area (Å²) in [7, 11) is -1.86. The predicted molar refractivity (Wildman–Crippen MR) is 172 cm³/mol. The number of hydrogen-bond donors (Lipinski definition) is 1. The Hall–Kier alpha value is -4.24. The topological polar surface area (TPSA) is 153 Å². The molecule has 3 aromatic heterocycles. The van der Waals surface area contributed by atoms with Gasteiger partial charge in [-0.15, -0.1) is 0 Å². The second-order valence-corrected chi connectivity index (χ2v) is 14.8. The first-order valence-corrected chi connectivity index (χ1v) is 17.2. The number of amides is 2. The van der Waals surface area contributed by atoms with Crippen LogP contribution in [0, 0.1) is 6.92 Å². The van der Waals surface area contributed by atoms with Gasteiger partial charge in [-0.25, -0.2) is 9.78 Å². The number of piperidine rings is 1. The SMILES string of the molecule is Cc1cn2cc(NC(=O)c3ccc(N4CCC(N(C(=O)OC(C)(C)C)C5CC5)CC4)c4cn(C)nc34)nc2c(COS(C)(=O)=O)n1. The van der Waals surface area contributed by atoms with Crippen LogP contribution in [0.2, 0.25) is 0 Å². The summed E-state index contributed by atoms with van der Waals surface area (Å²) in [5.41, 5.74) is 2.75. The maximum absolute atomic E-state index is 13.6. The van der Waals surface area contributed by atoms with E-state index in [0.717, 1.165) is 56.1 Å². The highest BCUT2D eigenvalue weighted by molar-refractivity contribution is 7.85. The summed E-state index contributed by atoms with van der Waals surface area (Å²) < 4.78 is 37.1. The number of fused-ring (bicyclic) bond motifs is 2. The molecule has 246 valence electrons. The molecule has 1 saturated heterocycles. The Bertz CT molecular complexity index is 1920. The van der Waals surface area contributed by atoms with Gasteiger partial charge in [0.2, 0.25) is 0 Å². The molecule has 1 aromatic carbocycles. The van der Waals surface area contributed by atoms with Crippen LogP contribution >= 0.6 is 0 Å². The fraction of sp³-hybridized carbons (Fsp3) is 0.516. The molecule has 0 radical (unpaired) electrons. The molecule has 4 aromatic rings. The number of aryl methyl sites for hydroxylation is 2. The first-order valence-electron chi connectivity index (χ1n) is 15.4. The number of rotatable bonds is 8. The van der Waals surface area contributed by atoms with Crippen LogP contribution in [0.5, 0.6) is 0 Å². The van der Waals surface area contributed by atoms with Gasteiger partial charge < -0.3 is 24.3 Å². The molecule has 2 aliphatic rings. The van der Waals surface area contributed by atoms with Crippen LogP contribution < -0.4 is 10.2 Å². The van der Waals surface area contributed by atoms with Gasteiger partial charge in [0.05, 0.1) is 23.7 Å². The van der Waals surface area contributed by atoms with Crippen molar-refractivity contribution >= 4 is 50.2 Å². The molecule has 2 amide bonds. The summed E-state index contributed by atoms with van der Waals surface area (Å²) in [5, 5.41) is 8.34. The van der Waals surface area contributed by atoms with Crippen LogP contribution in [0.1, 0.15) is 68.2 Å². The van der Waals surface area contributed by atoms with Gasteiger partial charge in [-0.05, 0) is 65.5 Å². The summed E-state index contributed by atoms with van der Waals surface area (Å²) in [6.45, 7) is 8.70. The van der Waals surface area contributed by atoms with Gasteiger partial charge in [-0.2, -0.15) is 13.5 Å². The van der Waals surface area contributed by atoms with E-state index in [1.165, 1.54) is 0 Å². The monoisotopic (exact) mass is 652 g/mol. The highest BCUT2D eigenvalue weighted by Crippen LogP contribution is 2.36. The van der Waals surface area contributed by atoms with Crippen LogP contribution in [-0.4, -0.2) is 86.5 Å². The van der Waals surface area contributed by atoms with E-state index in [1.807, 2.05) is 45.0 Å². The molecule has 15 heteroatoms. The Morgan fingerprint density at radius 2 is 1.74 bits per heavy atom. The van der Waals surface area contributed by atoms with Crippen molar-refractivity contribution in [3.05, 3.63) is 47.7 Å². The number of hydrogen-bond acceptors (Lipinski definition) is 10. The lowest BCUT2D eigenvalue weighted by atomic mass is 10.0. The van der Waals surface area contributed by atoms with Crippen LogP contribution in [0.4, 0.5) is 16.3 Å². The standard InChI is InChI=1S/C31H40N8O6S/c1-19-15-38-17-26(33-28(38)24(32-19)18-44-46(6,42)43)34-29(40)22-9-10-25(23-16-36(5)35-27(22)23)37-13-11-21(12-14-37)39(20-7-8-20)30(41)45-31(2,3)4/h9-10,15-17,20-21H,7-8,11-14,18H2,1-6H3,(H,34,40). The number of carbonyl (C=O) groups excluding carboxylic acids is 2. The van der Waals surface area contributed by atoms with E-state index in [9.17, 15) is 18.0 Å². The van der Waals surface area contributed by atoms with Gasteiger partial charge in [0, 0.05) is 55.7 Å². The fourth-order valence-corrected chi connectivity index (χ4v) is 6.34. The zero-order valence-corrected chi connectivity index (χ0v) is 27.8. The molecule has 4 heterocycles. The van der Waals surface area contributed by atoms with Gasteiger partial charge in [0.25, 0.3) is 16.0 Å². The predicted octanol–water partition coefficient (Wildman–Crippen LogP) is 4.02. The van der Waals surface area contributed by atoms with Crippen molar-refractivity contribution < 1.29 is 26.9 Å². The molecule has 0 atom stereocenters. The Balaban J connectivity index is 1.20. The normalized spacial score (nSPS) is 16.3. The zero-order chi connectivity index (χ0) is 33.0. The first kappa shape index (κ1) is 31.7. The molecule has 0 spiro atoms. The minimum atomic E-state index is -3.68. The minimum Gasteiger partial charge on any atom is -0.444 e. The van der Waals surface area contributed by atoms with E-state index >= 15 is 0 Å². The van der Waals surface area contributed by atoms with Crippen molar-refractivity contribution in [3.63, 3.8) is 0 Å². The second kappa shape index (κ2) is 11.8. The highest BCUT2D eigenvalue weighted by atomic mass is 32.2. The fourth-order valence-electron chi connectivity index (χ4n) is 6.02. The van der Waals surface area contributed by atoms with Gasteiger partial charge in [-0.1, -0.05) is 0 Å². The molecule has 14 nitrogen and oxygen atoms in total. The number of anilines is 2. The number of ether oxygens (including phenoxy) is 1. The Morgan fingerprint density at radius 3 is 2.39 bits per heavy atom. The second-order valence-electron chi connectivity index (χ2n) is 13.1. The molecular formula is C31H40N8O6S. The maximum Gasteiger partial charge on any atom is 0.410 e. The quantitative estimate of drug-likeness (QED) is 0.276. The third-order valence-corrected chi connectivity index (χ3v) is 8.58. The molecule has 0 bridgehead atoms. The van der Waals surface area contributed by atoms with Gasteiger partial charge in [-0.3, -0.25) is 18.6 Å². The van der Waals surface area contributed by atoms with E-state index < -0.39 is 15.7 Å². The number of carbonyl (C=O) groups is 2. The number of imidazole rings is 1. The van der Waals surface area contributed by atoms with Crippen molar-refractivity contribution in [2.75, 3.05) is 29.6 Å². The largest absolute Gasteiger partial charge is 0.444 e. The number of nitrogens with zero attached hydrogens (tertiary/aromatic N) is 7. The average molecular weight is 653 g/mol. The summed E-state index contributed by atoms with van der Waals surface area (Å²) in [6, 6.07) is 4.10. The van der Waals surface area contributed by atoms with Crippen molar-refractivity contribution in [2.24, 2.45) is 7.05 Å². The molecule has 0 unspecified atom stereocenters. The molecule has 1 aliphatic heterocycles. The molecule has 6 rings (SSSR count). The van der Waals surface area contributed by atoms with E-state index in [1.54, 1.807) is 34.5 Å². The molecule has 2 fully saturated rings.